The van der Waals surface area contributed by atoms with Crippen molar-refractivity contribution in [2.45, 2.75) is 31.7 Å². The molecule has 0 aromatic heterocycles. The van der Waals surface area contributed by atoms with Crippen molar-refractivity contribution in [2.75, 3.05) is 14.2 Å². The molecule has 106 valence electrons. The summed E-state index contributed by atoms with van der Waals surface area (Å²) in [5, 5.41) is 0.545. The Balaban J connectivity index is 2.18. The summed E-state index contributed by atoms with van der Waals surface area (Å²) in [7, 11) is 3.18. The van der Waals surface area contributed by atoms with Gasteiger partial charge in [-0.15, -0.1) is 0 Å². The molecule has 19 heavy (non-hydrogen) atoms. The lowest BCUT2D eigenvalue weighted by Crippen LogP contribution is -2.28. The molecule has 0 radical (unpaired) electrons. The highest BCUT2D eigenvalue weighted by Crippen LogP contribution is 2.40. The number of methoxy groups -OCH3 is 2. The van der Waals surface area contributed by atoms with Crippen LogP contribution in [-0.4, -0.2) is 14.2 Å². The molecule has 1 saturated carbocycles. The van der Waals surface area contributed by atoms with Gasteiger partial charge in [-0.25, -0.2) is 0 Å². The maximum Gasteiger partial charge on any atom is 0.179 e. The Labute approximate surface area is 119 Å². The Morgan fingerprint density at radius 3 is 2.63 bits per heavy atom. The van der Waals surface area contributed by atoms with Gasteiger partial charge in [0.15, 0.2) is 11.5 Å². The van der Waals surface area contributed by atoms with E-state index in [9.17, 15) is 0 Å². The molecule has 1 fully saturated rings. The second kappa shape index (κ2) is 6.46. The maximum absolute atomic E-state index is 6.22. The summed E-state index contributed by atoms with van der Waals surface area (Å²) in [6.07, 6.45) is 4.90. The average Bonchev–Trinajstić information content (AvgIpc) is 3.22. The maximum atomic E-state index is 6.22. The number of hydrogen-bond donors (Lipinski definition) is 2. The smallest absolute Gasteiger partial charge is 0.179 e. The SMILES string of the molecule is COc1cc(C(CCC2CC2)NN)cc(Cl)c1OC. The fourth-order valence-corrected chi connectivity index (χ4v) is 2.59. The van der Waals surface area contributed by atoms with E-state index >= 15 is 0 Å². The third-order valence-electron chi connectivity index (χ3n) is 3.62. The summed E-state index contributed by atoms with van der Waals surface area (Å²) in [6, 6.07) is 3.92. The fraction of sp³-hybridized carbons (Fsp3) is 0.571. The lowest BCUT2D eigenvalue weighted by molar-refractivity contribution is 0.353. The number of hydrogen-bond acceptors (Lipinski definition) is 4. The van der Waals surface area contributed by atoms with E-state index in [2.05, 4.69) is 5.43 Å². The van der Waals surface area contributed by atoms with Crippen molar-refractivity contribution in [3.05, 3.63) is 22.7 Å². The Morgan fingerprint density at radius 2 is 2.11 bits per heavy atom. The van der Waals surface area contributed by atoms with Gasteiger partial charge in [0.1, 0.15) is 0 Å². The van der Waals surface area contributed by atoms with Crippen LogP contribution in [0.5, 0.6) is 11.5 Å². The first kappa shape index (κ1) is 14.4. The highest BCUT2D eigenvalue weighted by molar-refractivity contribution is 6.32. The molecule has 0 heterocycles. The van der Waals surface area contributed by atoms with E-state index in [1.165, 1.54) is 19.3 Å². The van der Waals surface area contributed by atoms with Gasteiger partial charge in [0.25, 0.3) is 0 Å². The first-order valence-electron chi connectivity index (χ1n) is 6.57. The largest absolute Gasteiger partial charge is 0.493 e. The van der Waals surface area contributed by atoms with E-state index < -0.39 is 0 Å². The molecule has 0 bridgehead atoms. The summed E-state index contributed by atoms with van der Waals surface area (Å²) in [5.74, 6) is 7.74. The van der Waals surface area contributed by atoms with Crippen molar-refractivity contribution in [3.8, 4) is 11.5 Å². The molecule has 1 aromatic carbocycles. The van der Waals surface area contributed by atoms with Crippen LogP contribution in [0.2, 0.25) is 5.02 Å². The number of halogens is 1. The third kappa shape index (κ3) is 3.53. The van der Waals surface area contributed by atoms with Gasteiger partial charge in [-0.2, -0.15) is 0 Å². The third-order valence-corrected chi connectivity index (χ3v) is 3.90. The van der Waals surface area contributed by atoms with Crippen LogP contribution in [0.15, 0.2) is 12.1 Å². The van der Waals surface area contributed by atoms with Gasteiger partial charge in [0, 0.05) is 6.04 Å². The van der Waals surface area contributed by atoms with Gasteiger partial charge in [0.2, 0.25) is 0 Å². The zero-order valence-corrected chi connectivity index (χ0v) is 12.2. The van der Waals surface area contributed by atoms with E-state index in [4.69, 9.17) is 26.9 Å². The number of ether oxygens (including phenoxy) is 2. The molecule has 0 saturated heterocycles. The molecule has 0 spiro atoms. The number of benzene rings is 1. The molecule has 0 amide bonds. The molecule has 5 heteroatoms. The molecule has 2 rings (SSSR count). The van der Waals surface area contributed by atoms with Crippen LogP contribution < -0.4 is 20.7 Å². The minimum atomic E-state index is 0.0953. The van der Waals surface area contributed by atoms with Crippen molar-refractivity contribution in [1.29, 1.82) is 0 Å². The van der Waals surface area contributed by atoms with Crippen molar-refractivity contribution in [3.63, 3.8) is 0 Å². The molecule has 0 aliphatic heterocycles. The minimum absolute atomic E-state index is 0.0953. The minimum Gasteiger partial charge on any atom is -0.493 e. The summed E-state index contributed by atoms with van der Waals surface area (Å²) < 4.78 is 10.5. The summed E-state index contributed by atoms with van der Waals surface area (Å²) in [4.78, 5) is 0. The molecule has 1 aromatic rings. The lowest BCUT2D eigenvalue weighted by Gasteiger charge is -2.19. The first-order chi connectivity index (χ1) is 9.19. The normalized spacial score (nSPS) is 16.2. The van der Waals surface area contributed by atoms with E-state index in [1.54, 1.807) is 14.2 Å². The second-order valence-corrected chi connectivity index (χ2v) is 5.39. The quantitative estimate of drug-likeness (QED) is 0.597. The van der Waals surface area contributed by atoms with Crippen LogP contribution in [0, 0.1) is 5.92 Å². The van der Waals surface area contributed by atoms with Gasteiger partial charge in [-0.05, 0) is 36.5 Å². The molecule has 1 unspecified atom stereocenters. The van der Waals surface area contributed by atoms with E-state index in [0.29, 0.717) is 16.5 Å². The van der Waals surface area contributed by atoms with E-state index in [1.807, 2.05) is 12.1 Å². The predicted octanol–water partition coefficient (Wildman–Crippen LogP) is 3.05. The molecular weight excluding hydrogens is 264 g/mol. The molecular formula is C14H21ClN2O2. The molecule has 3 N–H and O–H groups in total. The van der Waals surface area contributed by atoms with Crippen molar-refractivity contribution in [1.82, 2.24) is 5.43 Å². The monoisotopic (exact) mass is 284 g/mol. The Bertz CT molecular complexity index is 436. The second-order valence-electron chi connectivity index (χ2n) is 4.98. The molecule has 1 aliphatic rings. The molecule has 4 nitrogen and oxygen atoms in total. The Kier molecular flexibility index (Phi) is 4.91. The zero-order valence-electron chi connectivity index (χ0n) is 11.4. The Morgan fingerprint density at radius 1 is 1.37 bits per heavy atom. The topological polar surface area (TPSA) is 56.5 Å². The number of nitrogens with two attached hydrogens (primary N) is 1. The standard InChI is InChI=1S/C14H21ClN2O2/c1-18-13-8-10(7-11(15)14(13)19-2)12(17-16)6-5-9-3-4-9/h7-9,12,17H,3-6,16H2,1-2H3. The van der Waals surface area contributed by atoms with Crippen LogP contribution in [0.1, 0.15) is 37.3 Å². The lowest BCUT2D eigenvalue weighted by atomic mass is 10.0. The summed E-state index contributed by atoms with van der Waals surface area (Å²) in [6.45, 7) is 0. The van der Waals surface area contributed by atoms with Gasteiger partial charge in [-0.1, -0.05) is 24.4 Å². The predicted molar refractivity (Wildman–Crippen MR) is 76.6 cm³/mol. The van der Waals surface area contributed by atoms with Gasteiger partial charge in [0.05, 0.1) is 19.2 Å². The zero-order chi connectivity index (χ0) is 13.8. The fourth-order valence-electron chi connectivity index (χ4n) is 2.29. The average molecular weight is 285 g/mol. The number of hydrazine groups is 1. The van der Waals surface area contributed by atoms with Crippen molar-refractivity contribution >= 4 is 11.6 Å². The highest BCUT2D eigenvalue weighted by atomic mass is 35.5. The van der Waals surface area contributed by atoms with Crippen LogP contribution >= 0.6 is 11.6 Å². The van der Waals surface area contributed by atoms with Crippen LogP contribution in [0.25, 0.3) is 0 Å². The number of nitrogens with one attached hydrogen (secondary N) is 1. The van der Waals surface area contributed by atoms with Crippen LogP contribution in [-0.2, 0) is 0 Å². The summed E-state index contributed by atoms with van der Waals surface area (Å²) in [5.41, 5.74) is 3.90. The van der Waals surface area contributed by atoms with Crippen LogP contribution in [0.4, 0.5) is 0 Å². The van der Waals surface area contributed by atoms with Gasteiger partial charge >= 0.3 is 0 Å². The van der Waals surface area contributed by atoms with Gasteiger partial charge in [-0.3, -0.25) is 11.3 Å². The highest BCUT2D eigenvalue weighted by Gasteiger charge is 2.23. The molecule has 1 atom stereocenters. The van der Waals surface area contributed by atoms with Crippen molar-refractivity contribution < 1.29 is 9.47 Å². The Hall–Kier alpha value is -0.970. The van der Waals surface area contributed by atoms with Gasteiger partial charge < -0.3 is 9.47 Å². The van der Waals surface area contributed by atoms with E-state index in [0.717, 1.165) is 17.9 Å². The first-order valence-corrected chi connectivity index (χ1v) is 6.95. The summed E-state index contributed by atoms with van der Waals surface area (Å²) >= 11 is 6.22. The van der Waals surface area contributed by atoms with Crippen molar-refractivity contribution in [2.24, 2.45) is 11.8 Å². The number of rotatable bonds is 7. The molecule has 1 aliphatic carbocycles. The van der Waals surface area contributed by atoms with E-state index in [-0.39, 0.29) is 6.04 Å². The van der Waals surface area contributed by atoms with Crippen LogP contribution in [0.3, 0.4) is 0 Å².